The van der Waals surface area contributed by atoms with Crippen molar-refractivity contribution in [2.45, 2.75) is 13.8 Å². The van der Waals surface area contributed by atoms with Crippen molar-refractivity contribution in [3.8, 4) is 0 Å². The van der Waals surface area contributed by atoms with Gasteiger partial charge in [0.1, 0.15) is 0 Å². The zero-order chi connectivity index (χ0) is 9.84. The van der Waals surface area contributed by atoms with Crippen molar-refractivity contribution in [3.63, 3.8) is 0 Å². The average Bonchev–Trinajstić information content (AvgIpc) is 2.03. The molecule has 72 valence electrons. The Hall–Kier alpha value is -0.830. The molecule has 4 heteroatoms. The van der Waals surface area contributed by atoms with E-state index in [-0.39, 0.29) is 0 Å². The lowest BCUT2D eigenvalue weighted by molar-refractivity contribution is 0.634. The molecule has 1 heterocycles. The molecule has 0 unspecified atom stereocenters. The first-order valence-electron chi connectivity index (χ1n) is 4.29. The highest BCUT2D eigenvalue weighted by Crippen LogP contribution is 2.18. The first-order chi connectivity index (χ1) is 6.11. The van der Waals surface area contributed by atoms with Crippen LogP contribution in [0.15, 0.2) is 12.4 Å². The molecule has 0 aromatic carbocycles. The van der Waals surface area contributed by atoms with Crippen molar-refractivity contribution in [2.24, 2.45) is 5.92 Å². The molecule has 0 aliphatic carbocycles. The van der Waals surface area contributed by atoms with Gasteiger partial charge in [0.15, 0.2) is 11.0 Å². The van der Waals surface area contributed by atoms with Gasteiger partial charge in [0.2, 0.25) is 0 Å². The summed E-state index contributed by atoms with van der Waals surface area (Å²) in [5.74, 6) is 1.33. The lowest BCUT2D eigenvalue weighted by Gasteiger charge is -2.20. The number of rotatable bonds is 3. The zero-order valence-electron chi connectivity index (χ0n) is 8.16. The van der Waals surface area contributed by atoms with Crippen LogP contribution in [0.25, 0.3) is 0 Å². The van der Waals surface area contributed by atoms with E-state index in [9.17, 15) is 0 Å². The molecule has 3 nitrogen and oxygen atoms in total. The maximum atomic E-state index is 5.89. The first-order valence-corrected chi connectivity index (χ1v) is 4.66. The monoisotopic (exact) mass is 199 g/mol. The van der Waals surface area contributed by atoms with Crippen molar-refractivity contribution in [1.82, 2.24) is 9.97 Å². The van der Waals surface area contributed by atoms with Crippen LogP contribution in [0.3, 0.4) is 0 Å². The number of hydrogen-bond donors (Lipinski definition) is 0. The molecule has 0 aliphatic rings. The fraction of sp³-hybridized carbons (Fsp3) is 0.556. The summed E-state index contributed by atoms with van der Waals surface area (Å²) in [5, 5.41) is 0.464. The van der Waals surface area contributed by atoms with Crippen molar-refractivity contribution < 1.29 is 0 Å². The topological polar surface area (TPSA) is 29.0 Å². The molecular weight excluding hydrogens is 186 g/mol. The molecule has 0 N–H and O–H groups in total. The molecule has 13 heavy (non-hydrogen) atoms. The third-order valence-corrected chi connectivity index (χ3v) is 1.90. The van der Waals surface area contributed by atoms with Crippen LogP contribution in [-0.4, -0.2) is 23.6 Å². The summed E-state index contributed by atoms with van der Waals surface area (Å²) in [7, 11) is 1.97. The highest BCUT2D eigenvalue weighted by Gasteiger charge is 2.08. The highest BCUT2D eigenvalue weighted by molar-refractivity contribution is 6.31. The molecule has 0 bridgehead atoms. The van der Waals surface area contributed by atoms with Crippen LogP contribution in [-0.2, 0) is 0 Å². The van der Waals surface area contributed by atoms with Crippen LogP contribution in [0.4, 0.5) is 5.82 Å². The van der Waals surface area contributed by atoms with Gasteiger partial charge < -0.3 is 4.90 Å². The third-order valence-electron chi connectivity index (χ3n) is 1.64. The predicted octanol–water partition coefficient (Wildman–Crippen LogP) is 2.22. The largest absolute Gasteiger partial charge is 0.357 e. The Labute approximate surface area is 83.8 Å². The molecule has 1 rings (SSSR count). The van der Waals surface area contributed by atoms with E-state index in [2.05, 4.69) is 23.8 Å². The lowest BCUT2D eigenvalue weighted by Crippen LogP contribution is -2.23. The maximum Gasteiger partial charge on any atom is 0.171 e. The van der Waals surface area contributed by atoms with Gasteiger partial charge in [-0.25, -0.2) is 9.97 Å². The summed E-state index contributed by atoms with van der Waals surface area (Å²) in [6, 6.07) is 0. The van der Waals surface area contributed by atoms with E-state index >= 15 is 0 Å². The molecule has 0 amide bonds. The standard InChI is InChI=1S/C9H14ClN3/c1-7(2)6-13(3)9-8(10)11-4-5-12-9/h4-5,7H,6H2,1-3H3. The molecule has 0 saturated carbocycles. The summed E-state index contributed by atoms with van der Waals surface area (Å²) in [6.07, 6.45) is 3.24. The van der Waals surface area contributed by atoms with Gasteiger partial charge in [-0.1, -0.05) is 25.4 Å². The van der Waals surface area contributed by atoms with E-state index in [1.165, 1.54) is 0 Å². The Kier molecular flexibility index (Phi) is 3.48. The second kappa shape index (κ2) is 4.42. The average molecular weight is 200 g/mol. The van der Waals surface area contributed by atoms with Crippen molar-refractivity contribution >= 4 is 17.4 Å². The predicted molar refractivity (Wildman–Crippen MR) is 55.2 cm³/mol. The summed E-state index contributed by atoms with van der Waals surface area (Å²) in [6.45, 7) is 5.24. The van der Waals surface area contributed by atoms with Gasteiger partial charge in [0, 0.05) is 26.0 Å². The Morgan fingerprint density at radius 3 is 2.54 bits per heavy atom. The van der Waals surface area contributed by atoms with Gasteiger partial charge in [-0.3, -0.25) is 0 Å². The molecule has 0 fully saturated rings. The van der Waals surface area contributed by atoms with E-state index in [1.807, 2.05) is 11.9 Å². The molecule has 0 saturated heterocycles. The van der Waals surface area contributed by atoms with Gasteiger partial charge in [0.25, 0.3) is 0 Å². The number of aromatic nitrogens is 2. The quantitative estimate of drug-likeness (QED) is 0.748. The number of halogens is 1. The second-order valence-electron chi connectivity index (χ2n) is 3.45. The second-order valence-corrected chi connectivity index (χ2v) is 3.80. The van der Waals surface area contributed by atoms with Crippen LogP contribution in [0.5, 0.6) is 0 Å². The maximum absolute atomic E-state index is 5.89. The number of nitrogens with zero attached hydrogens (tertiary/aromatic N) is 3. The minimum absolute atomic E-state index is 0.464. The van der Waals surface area contributed by atoms with Crippen molar-refractivity contribution in [2.75, 3.05) is 18.5 Å². The van der Waals surface area contributed by atoms with Crippen LogP contribution in [0.2, 0.25) is 5.15 Å². The van der Waals surface area contributed by atoms with Gasteiger partial charge in [-0.15, -0.1) is 0 Å². The summed E-state index contributed by atoms with van der Waals surface area (Å²) >= 11 is 5.89. The van der Waals surface area contributed by atoms with Crippen molar-refractivity contribution in [3.05, 3.63) is 17.5 Å². The summed E-state index contributed by atoms with van der Waals surface area (Å²) in [4.78, 5) is 10.1. The number of anilines is 1. The lowest BCUT2D eigenvalue weighted by atomic mass is 10.2. The molecule has 1 aromatic rings. The Morgan fingerprint density at radius 1 is 1.38 bits per heavy atom. The molecule has 1 aromatic heterocycles. The normalized spacial score (nSPS) is 10.5. The van der Waals surface area contributed by atoms with Gasteiger partial charge in [-0.05, 0) is 5.92 Å². The Morgan fingerprint density at radius 2 is 2.00 bits per heavy atom. The molecule has 0 atom stereocenters. The van der Waals surface area contributed by atoms with E-state index < -0.39 is 0 Å². The molecule has 0 aliphatic heterocycles. The van der Waals surface area contributed by atoms with E-state index in [4.69, 9.17) is 11.6 Å². The smallest absolute Gasteiger partial charge is 0.171 e. The first kappa shape index (κ1) is 10.3. The van der Waals surface area contributed by atoms with Crippen LogP contribution in [0, 0.1) is 5.92 Å². The number of hydrogen-bond acceptors (Lipinski definition) is 3. The van der Waals surface area contributed by atoms with Crippen LogP contribution < -0.4 is 4.90 Å². The molecule has 0 spiro atoms. The van der Waals surface area contributed by atoms with Gasteiger partial charge >= 0.3 is 0 Å². The summed E-state index contributed by atoms with van der Waals surface area (Å²) in [5.41, 5.74) is 0. The minimum Gasteiger partial charge on any atom is -0.357 e. The summed E-state index contributed by atoms with van der Waals surface area (Å²) < 4.78 is 0. The minimum atomic E-state index is 0.464. The van der Waals surface area contributed by atoms with Crippen LogP contribution in [0.1, 0.15) is 13.8 Å². The fourth-order valence-corrected chi connectivity index (χ4v) is 1.45. The molecular formula is C9H14ClN3. The SMILES string of the molecule is CC(C)CN(C)c1nccnc1Cl. The fourth-order valence-electron chi connectivity index (χ4n) is 1.20. The zero-order valence-corrected chi connectivity index (χ0v) is 8.91. The van der Waals surface area contributed by atoms with E-state index in [0.29, 0.717) is 11.1 Å². The van der Waals surface area contributed by atoms with Crippen LogP contribution >= 0.6 is 11.6 Å². The third kappa shape index (κ3) is 2.84. The molecule has 0 radical (unpaired) electrons. The van der Waals surface area contributed by atoms with Crippen molar-refractivity contribution in [1.29, 1.82) is 0 Å². The van der Waals surface area contributed by atoms with Gasteiger partial charge in [0.05, 0.1) is 0 Å². The van der Waals surface area contributed by atoms with E-state index in [0.717, 1.165) is 12.4 Å². The van der Waals surface area contributed by atoms with Gasteiger partial charge in [-0.2, -0.15) is 0 Å². The Bertz CT molecular complexity index is 275. The highest BCUT2D eigenvalue weighted by atomic mass is 35.5. The van der Waals surface area contributed by atoms with E-state index in [1.54, 1.807) is 12.4 Å². The Balaban J connectivity index is 2.76.